The standard InChI is InChI=1S/C19H24N2O5S/c1-5-26-17-9-7-6-8-14(17)13-21(3)27(23,24)15-10-11-18(25-4)16(12-15)19(22)20-2/h6-12H,5,13H2,1-4H3,(H,20,22). The van der Waals surface area contributed by atoms with Gasteiger partial charge in [0, 0.05) is 26.2 Å². The van der Waals surface area contributed by atoms with E-state index in [1.54, 1.807) is 6.07 Å². The Bertz CT molecular complexity index is 912. The molecule has 2 aromatic rings. The van der Waals surface area contributed by atoms with Crippen LogP contribution in [0.15, 0.2) is 47.4 Å². The molecule has 2 rings (SSSR count). The van der Waals surface area contributed by atoms with Gasteiger partial charge in [0.1, 0.15) is 11.5 Å². The van der Waals surface area contributed by atoms with E-state index in [1.807, 2.05) is 25.1 Å². The quantitative estimate of drug-likeness (QED) is 0.745. The number of nitrogens with one attached hydrogen (secondary N) is 1. The molecule has 0 unspecified atom stereocenters. The van der Waals surface area contributed by atoms with Gasteiger partial charge >= 0.3 is 0 Å². The fourth-order valence-electron chi connectivity index (χ4n) is 2.60. The minimum absolute atomic E-state index is 0.0123. The SMILES string of the molecule is CCOc1ccccc1CN(C)S(=O)(=O)c1ccc(OC)c(C(=O)NC)c1. The fourth-order valence-corrected chi connectivity index (χ4v) is 3.77. The average Bonchev–Trinajstić information content (AvgIpc) is 2.68. The van der Waals surface area contributed by atoms with E-state index < -0.39 is 15.9 Å². The summed E-state index contributed by atoms with van der Waals surface area (Å²) in [6, 6.07) is 11.5. The Kier molecular flexibility index (Phi) is 6.81. The molecule has 0 heterocycles. The van der Waals surface area contributed by atoms with Crippen LogP contribution in [-0.2, 0) is 16.6 Å². The van der Waals surface area contributed by atoms with Crippen LogP contribution in [0.5, 0.6) is 11.5 Å². The first-order valence-corrected chi connectivity index (χ1v) is 9.86. The molecule has 0 aliphatic heterocycles. The second-order valence-corrected chi connectivity index (χ2v) is 7.79. The third kappa shape index (κ3) is 4.58. The molecule has 0 saturated heterocycles. The molecule has 0 radical (unpaired) electrons. The number of nitrogens with zero attached hydrogens (tertiary/aromatic N) is 1. The summed E-state index contributed by atoms with van der Waals surface area (Å²) in [6.07, 6.45) is 0. The van der Waals surface area contributed by atoms with Gasteiger partial charge in [0.25, 0.3) is 5.91 Å². The van der Waals surface area contributed by atoms with E-state index in [2.05, 4.69) is 5.32 Å². The van der Waals surface area contributed by atoms with Gasteiger partial charge in [-0.15, -0.1) is 0 Å². The number of hydrogen-bond acceptors (Lipinski definition) is 5. The van der Waals surface area contributed by atoms with Crippen molar-refractivity contribution in [2.75, 3.05) is 27.8 Å². The number of hydrogen-bond donors (Lipinski definition) is 1. The van der Waals surface area contributed by atoms with Crippen LogP contribution in [0.4, 0.5) is 0 Å². The summed E-state index contributed by atoms with van der Waals surface area (Å²) in [5, 5.41) is 2.48. The van der Waals surface area contributed by atoms with Gasteiger partial charge in [-0.25, -0.2) is 8.42 Å². The predicted molar refractivity (Wildman–Crippen MR) is 103 cm³/mol. The summed E-state index contributed by atoms with van der Waals surface area (Å²) >= 11 is 0. The second-order valence-electron chi connectivity index (χ2n) is 5.74. The molecule has 8 heteroatoms. The number of ether oxygens (including phenoxy) is 2. The lowest BCUT2D eigenvalue weighted by Gasteiger charge is -2.20. The molecular formula is C19H24N2O5S. The first-order chi connectivity index (χ1) is 12.8. The summed E-state index contributed by atoms with van der Waals surface area (Å²) in [6.45, 7) is 2.50. The first kappa shape index (κ1) is 20.7. The molecule has 1 amide bonds. The number of sulfonamides is 1. The fraction of sp³-hybridized carbons (Fsp3) is 0.316. The number of benzene rings is 2. The van der Waals surface area contributed by atoms with Gasteiger partial charge in [0.05, 0.1) is 24.2 Å². The smallest absolute Gasteiger partial charge is 0.254 e. The van der Waals surface area contributed by atoms with Crippen molar-refractivity contribution in [3.05, 3.63) is 53.6 Å². The van der Waals surface area contributed by atoms with Gasteiger partial charge < -0.3 is 14.8 Å². The molecular weight excluding hydrogens is 368 g/mol. The van der Waals surface area contributed by atoms with E-state index in [0.29, 0.717) is 18.1 Å². The maximum Gasteiger partial charge on any atom is 0.254 e. The molecule has 0 atom stereocenters. The summed E-state index contributed by atoms with van der Waals surface area (Å²) < 4.78 is 37.9. The third-order valence-electron chi connectivity index (χ3n) is 4.02. The summed E-state index contributed by atoms with van der Waals surface area (Å²) in [4.78, 5) is 12.0. The molecule has 0 spiro atoms. The molecule has 0 aliphatic rings. The van der Waals surface area contributed by atoms with Crippen molar-refractivity contribution >= 4 is 15.9 Å². The molecule has 1 N–H and O–H groups in total. The first-order valence-electron chi connectivity index (χ1n) is 8.42. The van der Waals surface area contributed by atoms with E-state index in [-0.39, 0.29) is 17.0 Å². The Labute approximate surface area is 160 Å². The number of carbonyl (C=O) groups excluding carboxylic acids is 1. The summed E-state index contributed by atoms with van der Waals surface area (Å²) in [7, 11) is 0.567. The highest BCUT2D eigenvalue weighted by Gasteiger charge is 2.24. The lowest BCUT2D eigenvalue weighted by molar-refractivity contribution is 0.0960. The maximum absolute atomic E-state index is 13.0. The van der Waals surface area contributed by atoms with Crippen LogP contribution < -0.4 is 14.8 Å². The van der Waals surface area contributed by atoms with Crippen molar-refractivity contribution < 1.29 is 22.7 Å². The lowest BCUT2D eigenvalue weighted by Crippen LogP contribution is -2.27. The third-order valence-corrected chi connectivity index (χ3v) is 5.82. The number of rotatable bonds is 8. The highest BCUT2D eigenvalue weighted by molar-refractivity contribution is 7.89. The highest BCUT2D eigenvalue weighted by atomic mass is 32.2. The highest BCUT2D eigenvalue weighted by Crippen LogP contribution is 2.26. The zero-order chi connectivity index (χ0) is 20.0. The molecule has 2 aromatic carbocycles. The largest absolute Gasteiger partial charge is 0.496 e. The van der Waals surface area contributed by atoms with E-state index in [4.69, 9.17) is 9.47 Å². The number of carbonyl (C=O) groups is 1. The van der Waals surface area contributed by atoms with Crippen LogP contribution in [0, 0.1) is 0 Å². The van der Waals surface area contributed by atoms with Crippen LogP contribution in [0.25, 0.3) is 0 Å². The molecule has 7 nitrogen and oxygen atoms in total. The molecule has 146 valence electrons. The van der Waals surface area contributed by atoms with Crippen molar-refractivity contribution in [1.29, 1.82) is 0 Å². The van der Waals surface area contributed by atoms with Gasteiger partial charge in [0.2, 0.25) is 10.0 Å². The minimum Gasteiger partial charge on any atom is -0.496 e. The Morgan fingerprint density at radius 1 is 1.15 bits per heavy atom. The van der Waals surface area contributed by atoms with Crippen molar-refractivity contribution in [3.8, 4) is 11.5 Å². The number of para-hydroxylation sites is 1. The maximum atomic E-state index is 13.0. The Morgan fingerprint density at radius 3 is 2.48 bits per heavy atom. The zero-order valence-electron chi connectivity index (χ0n) is 15.9. The average molecular weight is 392 g/mol. The normalized spacial score (nSPS) is 11.3. The number of amides is 1. The molecule has 0 saturated carbocycles. The van der Waals surface area contributed by atoms with E-state index >= 15 is 0 Å². The van der Waals surface area contributed by atoms with E-state index in [1.165, 1.54) is 43.7 Å². The van der Waals surface area contributed by atoms with Crippen LogP contribution in [0.3, 0.4) is 0 Å². The van der Waals surface area contributed by atoms with Gasteiger partial charge in [-0.3, -0.25) is 4.79 Å². The lowest BCUT2D eigenvalue weighted by atomic mass is 10.2. The number of methoxy groups -OCH3 is 1. The van der Waals surface area contributed by atoms with E-state index in [0.717, 1.165) is 5.56 Å². The van der Waals surface area contributed by atoms with Crippen LogP contribution >= 0.6 is 0 Å². The minimum atomic E-state index is -3.82. The molecule has 0 fully saturated rings. The van der Waals surface area contributed by atoms with Gasteiger partial charge in [-0.1, -0.05) is 18.2 Å². The van der Waals surface area contributed by atoms with Crippen molar-refractivity contribution in [3.63, 3.8) is 0 Å². The van der Waals surface area contributed by atoms with Gasteiger partial charge in [0.15, 0.2) is 0 Å². The molecule has 0 aromatic heterocycles. The van der Waals surface area contributed by atoms with Crippen molar-refractivity contribution in [2.45, 2.75) is 18.4 Å². The van der Waals surface area contributed by atoms with Crippen LogP contribution in [0.2, 0.25) is 0 Å². The Hall–Kier alpha value is -2.58. The Morgan fingerprint density at radius 2 is 1.85 bits per heavy atom. The van der Waals surface area contributed by atoms with Gasteiger partial charge in [-0.05, 0) is 31.2 Å². The van der Waals surface area contributed by atoms with Crippen molar-refractivity contribution in [1.82, 2.24) is 9.62 Å². The van der Waals surface area contributed by atoms with Gasteiger partial charge in [-0.2, -0.15) is 4.31 Å². The van der Waals surface area contributed by atoms with E-state index in [9.17, 15) is 13.2 Å². The molecule has 0 aliphatic carbocycles. The monoisotopic (exact) mass is 392 g/mol. The topological polar surface area (TPSA) is 84.9 Å². The zero-order valence-corrected chi connectivity index (χ0v) is 16.7. The van der Waals surface area contributed by atoms with Crippen LogP contribution in [-0.4, -0.2) is 46.4 Å². The Balaban J connectivity index is 2.36. The molecule has 0 bridgehead atoms. The van der Waals surface area contributed by atoms with Crippen molar-refractivity contribution in [2.24, 2.45) is 0 Å². The van der Waals surface area contributed by atoms with Crippen LogP contribution in [0.1, 0.15) is 22.8 Å². The molecule has 27 heavy (non-hydrogen) atoms. The second kappa shape index (κ2) is 8.88. The predicted octanol–water partition coefficient (Wildman–Crippen LogP) is 2.27. The summed E-state index contributed by atoms with van der Waals surface area (Å²) in [5.41, 5.74) is 0.912. The summed E-state index contributed by atoms with van der Waals surface area (Å²) in [5.74, 6) is 0.522.